The fourth-order valence-corrected chi connectivity index (χ4v) is 4.53. The Morgan fingerprint density at radius 2 is 2.09 bits per heavy atom. The second kappa shape index (κ2) is 8.53. The van der Waals surface area contributed by atoms with Crippen LogP contribution in [-0.4, -0.2) is 61.8 Å². The average Bonchev–Trinajstić information content (AvgIpc) is 3.46. The quantitative estimate of drug-likeness (QED) is 0.456. The Hall–Kier alpha value is -3.95. The molecule has 10 heteroatoms. The molecule has 0 aliphatic heterocycles. The number of carbonyl (C=O) groups excluding carboxylic acids is 2. The van der Waals surface area contributed by atoms with Gasteiger partial charge in [-0.15, -0.1) is 0 Å². The molecular formula is C23H25N7O3. The zero-order valence-electron chi connectivity index (χ0n) is 18.5. The van der Waals surface area contributed by atoms with Crippen molar-refractivity contribution in [1.82, 2.24) is 29.3 Å². The molecule has 2 amide bonds. The van der Waals surface area contributed by atoms with E-state index in [0.29, 0.717) is 22.6 Å². The van der Waals surface area contributed by atoms with E-state index in [0.717, 1.165) is 43.0 Å². The number of nitrogens with zero attached hydrogens (tertiary/aromatic N) is 6. The minimum absolute atomic E-state index is 0.266. The number of nitrogens with one attached hydrogen (secondary N) is 1. The van der Waals surface area contributed by atoms with Crippen molar-refractivity contribution >= 4 is 34.6 Å². The standard InChI is InChI=1S/C23H25N7O3/c1-28(14-31)16-4-6-17(7-5-16)30-13-15-10-18(21(33-2)11-19(15)27-30)23(32)26-20-12-25-29-9-3-8-24-22(20)29/h3,8-14,16-17H,4-7H2,1-2H3,(H,26,32)/t16-,17+. The summed E-state index contributed by atoms with van der Waals surface area (Å²) in [5.41, 5.74) is 2.27. The molecule has 1 saturated carbocycles. The van der Waals surface area contributed by atoms with Crippen molar-refractivity contribution in [2.75, 3.05) is 19.5 Å². The first kappa shape index (κ1) is 20.9. The minimum Gasteiger partial charge on any atom is -0.496 e. The number of fused-ring (bicyclic) bond motifs is 2. The Morgan fingerprint density at radius 3 is 2.85 bits per heavy atom. The van der Waals surface area contributed by atoms with Crippen molar-refractivity contribution in [3.05, 3.63) is 48.5 Å². The van der Waals surface area contributed by atoms with Crippen LogP contribution in [0.5, 0.6) is 5.75 Å². The van der Waals surface area contributed by atoms with Crippen molar-refractivity contribution in [3.63, 3.8) is 0 Å². The number of ether oxygens (including phenoxy) is 1. The molecule has 33 heavy (non-hydrogen) atoms. The number of rotatable bonds is 6. The van der Waals surface area contributed by atoms with E-state index < -0.39 is 0 Å². The maximum atomic E-state index is 13.1. The fraction of sp³-hybridized carbons (Fsp3) is 0.348. The summed E-state index contributed by atoms with van der Waals surface area (Å²) in [6.45, 7) is 0. The van der Waals surface area contributed by atoms with Crippen LogP contribution in [0.1, 0.15) is 42.1 Å². The molecule has 1 N–H and O–H groups in total. The Bertz CT molecular complexity index is 1320. The Kier molecular flexibility index (Phi) is 5.41. The fourth-order valence-electron chi connectivity index (χ4n) is 4.53. The lowest BCUT2D eigenvalue weighted by Gasteiger charge is -2.32. The van der Waals surface area contributed by atoms with E-state index in [9.17, 15) is 9.59 Å². The summed E-state index contributed by atoms with van der Waals surface area (Å²) in [7, 11) is 3.37. The summed E-state index contributed by atoms with van der Waals surface area (Å²) in [5, 5.41) is 12.7. The van der Waals surface area contributed by atoms with Crippen molar-refractivity contribution in [2.45, 2.75) is 37.8 Å². The predicted molar refractivity (Wildman–Crippen MR) is 122 cm³/mol. The third kappa shape index (κ3) is 3.88. The number of methoxy groups -OCH3 is 1. The maximum absolute atomic E-state index is 13.1. The topological polar surface area (TPSA) is 107 Å². The van der Waals surface area contributed by atoms with Gasteiger partial charge in [-0.3, -0.25) is 14.3 Å². The molecule has 0 saturated heterocycles. The number of benzene rings is 1. The highest BCUT2D eigenvalue weighted by Crippen LogP contribution is 2.33. The van der Waals surface area contributed by atoms with Crippen LogP contribution >= 0.6 is 0 Å². The molecule has 10 nitrogen and oxygen atoms in total. The highest BCUT2D eigenvalue weighted by Gasteiger charge is 2.26. The van der Waals surface area contributed by atoms with Gasteiger partial charge in [0.25, 0.3) is 5.91 Å². The van der Waals surface area contributed by atoms with Crippen LogP contribution in [0.3, 0.4) is 0 Å². The van der Waals surface area contributed by atoms with Gasteiger partial charge < -0.3 is 15.0 Å². The van der Waals surface area contributed by atoms with E-state index in [1.165, 1.54) is 7.11 Å². The van der Waals surface area contributed by atoms with E-state index in [-0.39, 0.29) is 18.0 Å². The molecule has 0 radical (unpaired) electrons. The van der Waals surface area contributed by atoms with Crippen LogP contribution in [0, 0.1) is 0 Å². The summed E-state index contributed by atoms with van der Waals surface area (Å²) in [6, 6.07) is 5.92. The zero-order valence-corrected chi connectivity index (χ0v) is 18.5. The van der Waals surface area contributed by atoms with Gasteiger partial charge in [-0.25, -0.2) is 9.50 Å². The lowest BCUT2D eigenvalue weighted by Crippen LogP contribution is -2.34. The normalized spacial score (nSPS) is 18.4. The van der Waals surface area contributed by atoms with E-state index in [2.05, 4.69) is 15.4 Å². The van der Waals surface area contributed by atoms with Crippen LogP contribution in [0.15, 0.2) is 43.0 Å². The van der Waals surface area contributed by atoms with Crippen LogP contribution < -0.4 is 10.1 Å². The molecule has 0 atom stereocenters. The summed E-state index contributed by atoms with van der Waals surface area (Å²) < 4.78 is 9.09. The minimum atomic E-state index is -0.306. The SMILES string of the molecule is COc1cc2nn([C@H]3CC[C@@H](N(C)C=O)CC3)cc2cc1C(=O)Nc1cnn2cccnc12. The van der Waals surface area contributed by atoms with E-state index >= 15 is 0 Å². The van der Waals surface area contributed by atoms with Crippen LogP contribution in [-0.2, 0) is 4.79 Å². The molecule has 5 rings (SSSR count). The molecule has 3 aromatic heterocycles. The van der Waals surface area contributed by atoms with Gasteiger partial charge in [0.15, 0.2) is 5.65 Å². The maximum Gasteiger partial charge on any atom is 0.259 e. The third-order valence-corrected chi connectivity index (χ3v) is 6.40. The first-order valence-corrected chi connectivity index (χ1v) is 10.9. The number of amides is 2. The zero-order chi connectivity index (χ0) is 22.9. The first-order chi connectivity index (χ1) is 16.1. The van der Waals surface area contributed by atoms with Gasteiger partial charge in [0.1, 0.15) is 11.4 Å². The van der Waals surface area contributed by atoms with Crippen molar-refractivity contribution in [2.24, 2.45) is 0 Å². The van der Waals surface area contributed by atoms with Gasteiger partial charge in [0.2, 0.25) is 6.41 Å². The van der Waals surface area contributed by atoms with Crippen LogP contribution in [0.2, 0.25) is 0 Å². The largest absolute Gasteiger partial charge is 0.496 e. The van der Waals surface area contributed by atoms with Crippen molar-refractivity contribution < 1.29 is 14.3 Å². The van der Waals surface area contributed by atoms with E-state index in [1.54, 1.807) is 46.2 Å². The Morgan fingerprint density at radius 1 is 1.27 bits per heavy atom. The van der Waals surface area contributed by atoms with Crippen LogP contribution in [0.4, 0.5) is 5.69 Å². The summed E-state index contributed by atoms with van der Waals surface area (Å²) in [5.74, 6) is 0.144. The second-order valence-corrected chi connectivity index (χ2v) is 8.35. The molecule has 3 heterocycles. The summed E-state index contributed by atoms with van der Waals surface area (Å²) >= 11 is 0. The van der Waals surface area contributed by atoms with Gasteiger partial charge >= 0.3 is 0 Å². The lowest BCUT2D eigenvalue weighted by atomic mass is 9.91. The Labute approximate surface area is 190 Å². The molecule has 4 aromatic rings. The average molecular weight is 447 g/mol. The molecular weight excluding hydrogens is 422 g/mol. The van der Waals surface area contributed by atoms with Crippen LogP contribution in [0.25, 0.3) is 16.6 Å². The second-order valence-electron chi connectivity index (χ2n) is 8.35. The smallest absolute Gasteiger partial charge is 0.259 e. The third-order valence-electron chi connectivity index (χ3n) is 6.40. The van der Waals surface area contributed by atoms with Gasteiger partial charge in [0, 0.05) is 43.1 Å². The monoisotopic (exact) mass is 447 g/mol. The number of aromatic nitrogens is 5. The van der Waals surface area contributed by atoms with Gasteiger partial charge in [-0.1, -0.05) is 0 Å². The highest BCUT2D eigenvalue weighted by molar-refractivity contribution is 6.09. The number of hydrogen-bond acceptors (Lipinski definition) is 6. The van der Waals surface area contributed by atoms with E-state index in [1.807, 2.05) is 17.9 Å². The van der Waals surface area contributed by atoms with Crippen molar-refractivity contribution in [3.8, 4) is 5.75 Å². The molecule has 0 bridgehead atoms. The van der Waals surface area contributed by atoms with E-state index in [4.69, 9.17) is 9.84 Å². The molecule has 170 valence electrons. The van der Waals surface area contributed by atoms with Gasteiger partial charge in [-0.2, -0.15) is 10.2 Å². The number of hydrogen-bond donors (Lipinski definition) is 1. The van der Waals surface area contributed by atoms with Gasteiger partial charge in [0.05, 0.1) is 30.4 Å². The molecule has 0 unspecified atom stereocenters. The number of anilines is 1. The molecule has 1 aliphatic rings. The summed E-state index contributed by atoms with van der Waals surface area (Å²) in [4.78, 5) is 30.2. The molecule has 0 spiro atoms. The van der Waals surface area contributed by atoms with Gasteiger partial charge in [-0.05, 0) is 37.8 Å². The highest BCUT2D eigenvalue weighted by atomic mass is 16.5. The lowest BCUT2D eigenvalue weighted by molar-refractivity contribution is -0.119. The molecule has 1 aromatic carbocycles. The summed E-state index contributed by atoms with van der Waals surface area (Å²) in [6.07, 6.45) is 11.7. The number of carbonyl (C=O) groups is 2. The molecule has 1 aliphatic carbocycles. The molecule has 1 fully saturated rings. The Balaban J connectivity index is 1.39. The van der Waals surface area contributed by atoms with Crippen molar-refractivity contribution in [1.29, 1.82) is 0 Å². The predicted octanol–water partition coefficient (Wildman–Crippen LogP) is 2.91. The first-order valence-electron chi connectivity index (χ1n) is 10.9.